The molecule has 28 heavy (non-hydrogen) atoms. The Balaban J connectivity index is 1.92. The van der Waals surface area contributed by atoms with Gasteiger partial charge in [0, 0.05) is 22.9 Å². The van der Waals surface area contributed by atoms with Crippen molar-refractivity contribution < 1.29 is 4.74 Å². The molecule has 0 amide bonds. The predicted octanol–water partition coefficient (Wildman–Crippen LogP) is 5.11. The first-order chi connectivity index (χ1) is 13.5. The standard InChI is InChI=1S/C23H30N4O/c1-6-8-15(3)24-22-19-9-7-10-20(19)25-23-21(16(4)26-27(22)23)18-12-11-17(28-5)13-14(18)2/h11-13,15,24H,6-10H2,1-5H3. The summed E-state index contributed by atoms with van der Waals surface area (Å²) in [7, 11) is 1.70. The number of nitrogens with zero attached hydrogens (tertiary/aromatic N) is 3. The van der Waals surface area contributed by atoms with E-state index in [1.807, 2.05) is 10.6 Å². The average molecular weight is 379 g/mol. The fraction of sp³-hybridized carbons (Fsp3) is 0.478. The number of hydrogen-bond donors (Lipinski definition) is 1. The van der Waals surface area contributed by atoms with Crippen LogP contribution >= 0.6 is 0 Å². The van der Waals surface area contributed by atoms with Crippen LogP contribution in [0.4, 0.5) is 5.82 Å². The molecule has 0 saturated heterocycles. The lowest BCUT2D eigenvalue weighted by atomic mass is 10.0. The van der Waals surface area contributed by atoms with Crippen molar-refractivity contribution in [3.8, 4) is 16.9 Å². The summed E-state index contributed by atoms with van der Waals surface area (Å²) in [4.78, 5) is 5.08. The van der Waals surface area contributed by atoms with Crippen molar-refractivity contribution in [2.75, 3.05) is 12.4 Å². The Labute approximate surface area is 167 Å². The number of hydrogen-bond acceptors (Lipinski definition) is 4. The topological polar surface area (TPSA) is 51.5 Å². The van der Waals surface area contributed by atoms with Crippen molar-refractivity contribution in [2.24, 2.45) is 0 Å². The third kappa shape index (κ3) is 3.13. The molecule has 0 aliphatic heterocycles. The van der Waals surface area contributed by atoms with Crippen LogP contribution in [0, 0.1) is 13.8 Å². The van der Waals surface area contributed by atoms with E-state index in [1.54, 1.807) is 7.11 Å². The molecule has 0 fully saturated rings. The Morgan fingerprint density at radius 2 is 2.07 bits per heavy atom. The molecule has 0 saturated carbocycles. The first kappa shape index (κ1) is 18.8. The number of fused-ring (bicyclic) bond motifs is 2. The number of rotatable bonds is 6. The molecule has 0 spiro atoms. The molecule has 1 aliphatic rings. The number of methoxy groups -OCH3 is 1. The zero-order valence-electron chi connectivity index (χ0n) is 17.6. The van der Waals surface area contributed by atoms with Gasteiger partial charge in [0.15, 0.2) is 5.65 Å². The van der Waals surface area contributed by atoms with Crippen molar-refractivity contribution in [1.82, 2.24) is 14.6 Å². The van der Waals surface area contributed by atoms with Crippen molar-refractivity contribution in [3.63, 3.8) is 0 Å². The minimum atomic E-state index is 0.413. The molecular formula is C23H30N4O. The van der Waals surface area contributed by atoms with Gasteiger partial charge in [0.2, 0.25) is 0 Å². The highest BCUT2D eigenvalue weighted by atomic mass is 16.5. The van der Waals surface area contributed by atoms with E-state index < -0.39 is 0 Å². The van der Waals surface area contributed by atoms with Crippen molar-refractivity contribution in [1.29, 1.82) is 0 Å². The number of nitrogens with one attached hydrogen (secondary N) is 1. The Hall–Kier alpha value is -2.56. The average Bonchev–Trinajstić information content (AvgIpc) is 3.26. The van der Waals surface area contributed by atoms with E-state index in [0.717, 1.165) is 47.7 Å². The van der Waals surface area contributed by atoms with Gasteiger partial charge in [-0.05, 0) is 69.7 Å². The number of ether oxygens (including phenoxy) is 1. The largest absolute Gasteiger partial charge is 0.497 e. The second kappa shape index (κ2) is 7.46. The monoisotopic (exact) mass is 378 g/mol. The normalized spacial score (nSPS) is 14.3. The Morgan fingerprint density at radius 1 is 1.25 bits per heavy atom. The highest BCUT2D eigenvalue weighted by Crippen LogP contribution is 2.36. The highest BCUT2D eigenvalue weighted by molar-refractivity contribution is 5.83. The maximum atomic E-state index is 5.38. The number of benzene rings is 1. The van der Waals surface area contributed by atoms with Crippen LogP contribution in [-0.4, -0.2) is 27.7 Å². The van der Waals surface area contributed by atoms with E-state index in [4.69, 9.17) is 14.8 Å². The van der Waals surface area contributed by atoms with Gasteiger partial charge < -0.3 is 10.1 Å². The summed E-state index contributed by atoms with van der Waals surface area (Å²) < 4.78 is 7.43. The van der Waals surface area contributed by atoms with E-state index in [0.29, 0.717) is 6.04 Å². The fourth-order valence-electron chi connectivity index (χ4n) is 4.38. The van der Waals surface area contributed by atoms with Gasteiger partial charge in [0.25, 0.3) is 0 Å². The highest BCUT2D eigenvalue weighted by Gasteiger charge is 2.25. The van der Waals surface area contributed by atoms with E-state index in [9.17, 15) is 0 Å². The van der Waals surface area contributed by atoms with Gasteiger partial charge in [-0.3, -0.25) is 0 Å². The molecule has 0 radical (unpaired) electrons. The summed E-state index contributed by atoms with van der Waals surface area (Å²) in [5, 5.41) is 8.68. The van der Waals surface area contributed by atoms with Crippen LogP contribution < -0.4 is 10.1 Å². The molecular weight excluding hydrogens is 348 g/mol. The van der Waals surface area contributed by atoms with E-state index in [1.165, 1.54) is 35.2 Å². The maximum absolute atomic E-state index is 5.38. The number of anilines is 1. The summed E-state index contributed by atoms with van der Waals surface area (Å²) in [6.45, 7) is 8.68. The molecule has 5 heteroatoms. The molecule has 1 aliphatic carbocycles. The third-order valence-corrected chi connectivity index (χ3v) is 5.77. The maximum Gasteiger partial charge on any atom is 0.165 e. The molecule has 2 aromatic heterocycles. The van der Waals surface area contributed by atoms with Crippen molar-refractivity contribution in [2.45, 2.75) is 65.8 Å². The fourth-order valence-corrected chi connectivity index (χ4v) is 4.38. The van der Waals surface area contributed by atoms with E-state index in [2.05, 4.69) is 45.1 Å². The van der Waals surface area contributed by atoms with Gasteiger partial charge in [-0.1, -0.05) is 19.4 Å². The Morgan fingerprint density at radius 3 is 2.79 bits per heavy atom. The van der Waals surface area contributed by atoms with Crippen LogP contribution in [0.15, 0.2) is 18.2 Å². The predicted molar refractivity (Wildman–Crippen MR) is 114 cm³/mol. The molecule has 5 nitrogen and oxygen atoms in total. The molecule has 4 rings (SSSR count). The lowest BCUT2D eigenvalue weighted by Crippen LogP contribution is -2.19. The quantitative estimate of drug-likeness (QED) is 0.647. The summed E-state index contributed by atoms with van der Waals surface area (Å²) in [6.07, 6.45) is 5.60. The Kier molecular flexibility index (Phi) is 5.00. The minimum Gasteiger partial charge on any atom is -0.497 e. The molecule has 2 heterocycles. The van der Waals surface area contributed by atoms with E-state index in [-0.39, 0.29) is 0 Å². The van der Waals surface area contributed by atoms with Gasteiger partial charge in [-0.15, -0.1) is 0 Å². The molecule has 148 valence electrons. The van der Waals surface area contributed by atoms with Gasteiger partial charge in [-0.25, -0.2) is 4.98 Å². The molecule has 1 aromatic carbocycles. The summed E-state index contributed by atoms with van der Waals surface area (Å²) in [5.41, 5.74) is 8.01. The van der Waals surface area contributed by atoms with Crippen molar-refractivity contribution in [3.05, 3.63) is 40.7 Å². The number of aromatic nitrogens is 3. The first-order valence-corrected chi connectivity index (χ1v) is 10.4. The van der Waals surface area contributed by atoms with Crippen LogP contribution in [0.2, 0.25) is 0 Å². The second-order valence-electron chi connectivity index (χ2n) is 7.95. The van der Waals surface area contributed by atoms with Crippen LogP contribution in [0.1, 0.15) is 55.6 Å². The smallest absolute Gasteiger partial charge is 0.165 e. The lowest BCUT2D eigenvalue weighted by molar-refractivity contribution is 0.414. The van der Waals surface area contributed by atoms with E-state index >= 15 is 0 Å². The zero-order valence-corrected chi connectivity index (χ0v) is 17.6. The summed E-state index contributed by atoms with van der Waals surface area (Å²) >= 11 is 0. The molecule has 3 aromatic rings. The number of aryl methyl sites for hydroxylation is 3. The second-order valence-corrected chi connectivity index (χ2v) is 7.95. The summed E-state index contributed by atoms with van der Waals surface area (Å²) in [6, 6.07) is 6.63. The van der Waals surface area contributed by atoms with Crippen LogP contribution in [0.25, 0.3) is 16.8 Å². The zero-order chi connectivity index (χ0) is 19.8. The lowest BCUT2D eigenvalue weighted by Gasteiger charge is -2.18. The third-order valence-electron chi connectivity index (χ3n) is 5.77. The van der Waals surface area contributed by atoms with Crippen LogP contribution in [-0.2, 0) is 12.8 Å². The molecule has 1 unspecified atom stereocenters. The molecule has 1 N–H and O–H groups in total. The Bertz CT molecular complexity index is 1020. The molecule has 0 bridgehead atoms. The minimum absolute atomic E-state index is 0.413. The van der Waals surface area contributed by atoms with Gasteiger partial charge >= 0.3 is 0 Å². The van der Waals surface area contributed by atoms with Crippen molar-refractivity contribution >= 4 is 11.5 Å². The summed E-state index contributed by atoms with van der Waals surface area (Å²) in [5.74, 6) is 2.01. The van der Waals surface area contributed by atoms with Gasteiger partial charge in [0.1, 0.15) is 11.6 Å². The molecule has 1 atom stereocenters. The van der Waals surface area contributed by atoms with Crippen LogP contribution in [0.3, 0.4) is 0 Å². The van der Waals surface area contributed by atoms with Gasteiger partial charge in [-0.2, -0.15) is 9.61 Å². The van der Waals surface area contributed by atoms with Gasteiger partial charge in [0.05, 0.1) is 12.8 Å². The SMILES string of the molecule is CCCC(C)Nc1c2c(nc3c(-c4ccc(OC)cc4C)c(C)nn13)CCC2. The van der Waals surface area contributed by atoms with Crippen LogP contribution in [0.5, 0.6) is 5.75 Å². The first-order valence-electron chi connectivity index (χ1n) is 10.4.